The summed E-state index contributed by atoms with van der Waals surface area (Å²) in [6.45, 7) is 7.26. The molecule has 0 aliphatic carbocycles. The summed E-state index contributed by atoms with van der Waals surface area (Å²) in [6.07, 6.45) is 7.03. The van der Waals surface area contributed by atoms with Crippen LogP contribution in [0.2, 0.25) is 0 Å². The smallest absolute Gasteiger partial charge is 0.243 e. The average Bonchev–Trinajstić information content (AvgIpc) is 3.37. The Kier molecular flexibility index (Phi) is 6.32. The van der Waals surface area contributed by atoms with Gasteiger partial charge < -0.3 is 9.88 Å². The van der Waals surface area contributed by atoms with E-state index in [1.54, 1.807) is 28.7 Å². The number of aryl methyl sites for hydroxylation is 2. The molecule has 1 saturated heterocycles. The van der Waals surface area contributed by atoms with Crippen LogP contribution in [0.5, 0.6) is 0 Å². The summed E-state index contributed by atoms with van der Waals surface area (Å²) in [6, 6.07) is 5.09. The SMILES string of the molecule is Cn1c(CCC(=O)Nc2cnn(C(C)(C)C)c2)nc2cc(S(=O)(=O)N3CCCCC3)ccc21. The second kappa shape index (κ2) is 8.90. The number of imidazole rings is 1. The minimum atomic E-state index is -3.51. The average molecular weight is 473 g/mol. The maximum absolute atomic E-state index is 13.0. The number of benzene rings is 1. The second-order valence-corrected chi connectivity index (χ2v) is 11.5. The van der Waals surface area contributed by atoms with Crippen LogP contribution < -0.4 is 5.32 Å². The maximum Gasteiger partial charge on any atom is 0.243 e. The molecule has 0 spiro atoms. The molecule has 10 heteroatoms. The normalized spacial score (nSPS) is 15.8. The van der Waals surface area contributed by atoms with Gasteiger partial charge in [0, 0.05) is 39.2 Å². The van der Waals surface area contributed by atoms with Crippen LogP contribution >= 0.6 is 0 Å². The van der Waals surface area contributed by atoms with Crippen molar-refractivity contribution >= 4 is 32.7 Å². The van der Waals surface area contributed by atoms with E-state index in [1.165, 1.54) is 0 Å². The fourth-order valence-corrected chi connectivity index (χ4v) is 5.61. The first kappa shape index (κ1) is 23.4. The molecule has 178 valence electrons. The highest BCUT2D eigenvalue weighted by molar-refractivity contribution is 7.89. The van der Waals surface area contributed by atoms with Gasteiger partial charge in [0.25, 0.3) is 0 Å². The molecule has 2 aromatic heterocycles. The van der Waals surface area contributed by atoms with E-state index < -0.39 is 10.0 Å². The molecule has 1 fully saturated rings. The van der Waals surface area contributed by atoms with Crippen LogP contribution in [0.15, 0.2) is 35.5 Å². The Morgan fingerprint density at radius 3 is 2.55 bits per heavy atom. The monoisotopic (exact) mass is 472 g/mol. The van der Waals surface area contributed by atoms with Gasteiger partial charge in [-0.25, -0.2) is 13.4 Å². The Morgan fingerprint density at radius 1 is 1.15 bits per heavy atom. The Balaban J connectivity index is 1.45. The molecule has 0 radical (unpaired) electrons. The van der Waals surface area contributed by atoms with Crippen molar-refractivity contribution in [1.29, 1.82) is 0 Å². The molecule has 0 bridgehead atoms. The van der Waals surface area contributed by atoms with Crippen LogP contribution in [0.1, 0.15) is 52.3 Å². The zero-order valence-corrected chi connectivity index (χ0v) is 20.5. The Bertz CT molecular complexity index is 1260. The van der Waals surface area contributed by atoms with E-state index in [4.69, 9.17) is 0 Å². The highest BCUT2D eigenvalue weighted by atomic mass is 32.2. The van der Waals surface area contributed by atoms with Crippen molar-refractivity contribution in [3.63, 3.8) is 0 Å². The van der Waals surface area contributed by atoms with Gasteiger partial charge in [-0.1, -0.05) is 6.42 Å². The van der Waals surface area contributed by atoms with Crippen molar-refractivity contribution in [3.8, 4) is 0 Å². The molecule has 0 saturated carbocycles. The van der Waals surface area contributed by atoms with E-state index >= 15 is 0 Å². The standard InChI is InChI=1S/C23H32N6O3S/c1-23(2,3)29-16-17(15-24-29)25-22(30)11-10-21-26-19-14-18(8-9-20(19)27(21)4)33(31,32)28-12-6-5-7-13-28/h8-9,14-16H,5-7,10-13H2,1-4H3,(H,25,30). The van der Waals surface area contributed by atoms with Crippen LogP contribution in [-0.4, -0.2) is 51.1 Å². The molecule has 4 rings (SSSR count). The number of rotatable bonds is 6. The predicted molar refractivity (Wildman–Crippen MR) is 127 cm³/mol. The number of carbonyl (C=O) groups is 1. The molecule has 3 aromatic rings. The molecule has 33 heavy (non-hydrogen) atoms. The first-order valence-corrected chi connectivity index (χ1v) is 12.8. The lowest BCUT2D eigenvalue weighted by Gasteiger charge is -2.25. The van der Waals surface area contributed by atoms with E-state index in [1.807, 2.05) is 43.3 Å². The third kappa shape index (κ3) is 4.96. The second-order valence-electron chi connectivity index (χ2n) is 9.59. The van der Waals surface area contributed by atoms with Crippen LogP contribution in [-0.2, 0) is 33.8 Å². The van der Waals surface area contributed by atoms with Gasteiger partial charge in [-0.05, 0) is 51.8 Å². The molecular formula is C23H32N6O3S. The Hall–Kier alpha value is -2.72. The van der Waals surface area contributed by atoms with Crippen LogP contribution in [0.4, 0.5) is 5.69 Å². The van der Waals surface area contributed by atoms with Gasteiger partial charge in [0.05, 0.1) is 33.4 Å². The number of piperidine rings is 1. The summed E-state index contributed by atoms with van der Waals surface area (Å²) in [5.41, 5.74) is 1.97. The number of amides is 1. The van der Waals surface area contributed by atoms with E-state index in [0.29, 0.717) is 30.7 Å². The summed E-state index contributed by atoms with van der Waals surface area (Å²) in [7, 11) is -1.63. The van der Waals surface area contributed by atoms with Crippen molar-refractivity contribution in [2.45, 2.75) is 63.3 Å². The Labute approximate surface area is 194 Å². The molecule has 0 unspecified atom stereocenters. The number of nitrogens with zero attached hydrogens (tertiary/aromatic N) is 5. The minimum Gasteiger partial charge on any atom is -0.331 e. The molecule has 1 N–H and O–H groups in total. The van der Waals surface area contributed by atoms with Crippen LogP contribution in [0.3, 0.4) is 0 Å². The summed E-state index contributed by atoms with van der Waals surface area (Å²) in [5.74, 6) is 0.613. The highest BCUT2D eigenvalue weighted by Crippen LogP contribution is 2.25. The number of hydrogen-bond donors (Lipinski definition) is 1. The van der Waals surface area contributed by atoms with Crippen molar-refractivity contribution in [3.05, 3.63) is 36.4 Å². The first-order chi connectivity index (χ1) is 15.6. The number of fused-ring (bicyclic) bond motifs is 1. The number of nitrogens with one attached hydrogen (secondary N) is 1. The number of anilines is 1. The highest BCUT2D eigenvalue weighted by Gasteiger charge is 2.26. The first-order valence-electron chi connectivity index (χ1n) is 11.4. The predicted octanol–water partition coefficient (Wildman–Crippen LogP) is 3.27. The quantitative estimate of drug-likeness (QED) is 0.593. The molecular weight excluding hydrogens is 440 g/mol. The molecule has 1 aliphatic rings. The van der Waals surface area contributed by atoms with Crippen molar-refractivity contribution in [1.82, 2.24) is 23.6 Å². The van der Waals surface area contributed by atoms with Gasteiger partial charge in [-0.2, -0.15) is 9.40 Å². The number of sulfonamides is 1. The third-order valence-corrected chi connectivity index (χ3v) is 7.92. The summed E-state index contributed by atoms with van der Waals surface area (Å²) in [5, 5.41) is 7.18. The van der Waals surface area contributed by atoms with Gasteiger partial charge in [0.1, 0.15) is 5.82 Å². The third-order valence-electron chi connectivity index (χ3n) is 6.03. The van der Waals surface area contributed by atoms with E-state index in [9.17, 15) is 13.2 Å². The number of carbonyl (C=O) groups excluding carboxylic acids is 1. The minimum absolute atomic E-state index is 0.121. The largest absolute Gasteiger partial charge is 0.331 e. The molecule has 1 aliphatic heterocycles. The van der Waals surface area contributed by atoms with Gasteiger partial charge in [-0.15, -0.1) is 0 Å². The lowest BCUT2D eigenvalue weighted by molar-refractivity contribution is -0.116. The Morgan fingerprint density at radius 2 is 1.88 bits per heavy atom. The summed E-state index contributed by atoms with van der Waals surface area (Å²) in [4.78, 5) is 17.4. The summed E-state index contributed by atoms with van der Waals surface area (Å²) < 4.78 is 31.3. The van der Waals surface area contributed by atoms with Crippen molar-refractivity contribution in [2.75, 3.05) is 18.4 Å². The van der Waals surface area contributed by atoms with Gasteiger partial charge in [0.15, 0.2) is 0 Å². The lowest BCUT2D eigenvalue weighted by Crippen LogP contribution is -2.35. The van der Waals surface area contributed by atoms with Crippen molar-refractivity contribution < 1.29 is 13.2 Å². The van der Waals surface area contributed by atoms with E-state index in [0.717, 1.165) is 30.6 Å². The maximum atomic E-state index is 13.0. The van der Waals surface area contributed by atoms with Crippen LogP contribution in [0.25, 0.3) is 11.0 Å². The number of hydrogen-bond acceptors (Lipinski definition) is 5. The summed E-state index contributed by atoms with van der Waals surface area (Å²) >= 11 is 0. The van der Waals surface area contributed by atoms with Crippen LogP contribution in [0, 0.1) is 0 Å². The van der Waals surface area contributed by atoms with Gasteiger partial charge >= 0.3 is 0 Å². The molecule has 1 amide bonds. The fraction of sp³-hybridized carbons (Fsp3) is 0.522. The molecule has 1 aromatic carbocycles. The zero-order valence-electron chi connectivity index (χ0n) is 19.7. The van der Waals surface area contributed by atoms with Gasteiger partial charge in [0.2, 0.25) is 15.9 Å². The lowest BCUT2D eigenvalue weighted by atomic mass is 10.1. The zero-order chi connectivity index (χ0) is 23.8. The van der Waals surface area contributed by atoms with E-state index in [-0.39, 0.29) is 22.8 Å². The fourth-order valence-electron chi connectivity index (χ4n) is 4.07. The van der Waals surface area contributed by atoms with Crippen molar-refractivity contribution in [2.24, 2.45) is 7.05 Å². The van der Waals surface area contributed by atoms with E-state index in [2.05, 4.69) is 15.4 Å². The van der Waals surface area contributed by atoms with Gasteiger partial charge in [-0.3, -0.25) is 9.48 Å². The molecule has 9 nitrogen and oxygen atoms in total. The number of aromatic nitrogens is 4. The topological polar surface area (TPSA) is 102 Å². The molecule has 3 heterocycles. The molecule has 0 atom stereocenters.